The van der Waals surface area contributed by atoms with Crippen LogP contribution in [0.3, 0.4) is 0 Å². The molecule has 1 unspecified atom stereocenters. The van der Waals surface area contributed by atoms with Crippen LogP contribution >= 0.6 is 35.3 Å². The van der Waals surface area contributed by atoms with Gasteiger partial charge >= 0.3 is 0 Å². The first-order valence-electron chi connectivity index (χ1n) is 6.74. The van der Waals surface area contributed by atoms with E-state index in [2.05, 4.69) is 46.3 Å². The van der Waals surface area contributed by atoms with Crippen LogP contribution in [0, 0.1) is 0 Å². The minimum absolute atomic E-state index is 0. The first-order chi connectivity index (χ1) is 8.77. The monoisotopic (exact) mass is 395 g/mol. The number of halogens is 1. The fourth-order valence-electron chi connectivity index (χ4n) is 1.73. The molecule has 0 fully saturated rings. The lowest BCUT2D eigenvalue weighted by Crippen LogP contribution is -2.39. The normalized spacial score (nSPS) is 12.7. The van der Waals surface area contributed by atoms with E-state index < -0.39 is 0 Å². The molecule has 0 aliphatic heterocycles. The minimum atomic E-state index is 0. The molecule has 3 nitrogen and oxygen atoms in total. The predicted molar refractivity (Wildman–Crippen MR) is 97.0 cm³/mol. The fourth-order valence-corrected chi connectivity index (χ4v) is 2.51. The van der Waals surface area contributed by atoms with Gasteiger partial charge < -0.3 is 10.6 Å². The summed E-state index contributed by atoms with van der Waals surface area (Å²) >= 11 is 1.75. The van der Waals surface area contributed by atoms with Crippen molar-refractivity contribution >= 4 is 41.3 Å². The van der Waals surface area contributed by atoms with E-state index in [1.807, 2.05) is 7.05 Å². The summed E-state index contributed by atoms with van der Waals surface area (Å²) in [7, 11) is 1.82. The molecule has 1 aromatic rings. The Labute approximate surface area is 138 Å². The van der Waals surface area contributed by atoms with Gasteiger partial charge in [-0.1, -0.05) is 26.7 Å². The van der Waals surface area contributed by atoms with Crippen molar-refractivity contribution in [3.05, 3.63) is 22.4 Å². The first kappa shape index (κ1) is 18.7. The molecule has 5 heteroatoms. The average Bonchev–Trinajstić information content (AvgIpc) is 2.91. The molecular formula is C14H26IN3S. The molecule has 0 bridgehead atoms. The van der Waals surface area contributed by atoms with Gasteiger partial charge in [0.15, 0.2) is 5.96 Å². The zero-order valence-corrected chi connectivity index (χ0v) is 15.3. The van der Waals surface area contributed by atoms with Gasteiger partial charge in [0.1, 0.15) is 0 Å². The van der Waals surface area contributed by atoms with E-state index in [1.165, 1.54) is 24.8 Å². The maximum absolute atomic E-state index is 4.24. The molecule has 0 radical (unpaired) electrons. The van der Waals surface area contributed by atoms with Crippen LogP contribution in [-0.2, 0) is 0 Å². The summed E-state index contributed by atoms with van der Waals surface area (Å²) in [6.45, 7) is 6.37. The second-order valence-electron chi connectivity index (χ2n) is 4.54. The van der Waals surface area contributed by atoms with E-state index in [9.17, 15) is 0 Å². The third-order valence-corrected chi connectivity index (χ3v) is 3.69. The maximum atomic E-state index is 4.24. The molecule has 0 amide bonds. The number of hydrogen-bond acceptors (Lipinski definition) is 2. The van der Waals surface area contributed by atoms with E-state index >= 15 is 0 Å². The van der Waals surface area contributed by atoms with E-state index in [0.29, 0.717) is 5.92 Å². The van der Waals surface area contributed by atoms with Crippen molar-refractivity contribution < 1.29 is 0 Å². The number of thiophene rings is 1. The van der Waals surface area contributed by atoms with E-state index in [-0.39, 0.29) is 24.0 Å². The Kier molecular flexibility index (Phi) is 11.3. The molecule has 0 saturated heterocycles. The Balaban J connectivity index is 0.00000324. The van der Waals surface area contributed by atoms with Crippen LogP contribution in [0.2, 0.25) is 0 Å². The van der Waals surface area contributed by atoms with Crippen molar-refractivity contribution in [1.82, 2.24) is 10.6 Å². The molecule has 0 saturated carbocycles. The van der Waals surface area contributed by atoms with Gasteiger partial charge in [-0.2, -0.15) is 11.3 Å². The lowest BCUT2D eigenvalue weighted by Gasteiger charge is -2.15. The summed E-state index contributed by atoms with van der Waals surface area (Å²) in [5, 5.41) is 11.1. The van der Waals surface area contributed by atoms with Crippen LogP contribution in [0.1, 0.15) is 44.6 Å². The van der Waals surface area contributed by atoms with Crippen LogP contribution in [0.15, 0.2) is 21.8 Å². The van der Waals surface area contributed by atoms with Gasteiger partial charge in [0.2, 0.25) is 0 Å². The van der Waals surface area contributed by atoms with Crippen LogP contribution in [-0.4, -0.2) is 26.1 Å². The lowest BCUT2D eigenvalue weighted by molar-refractivity contribution is 0.666. The van der Waals surface area contributed by atoms with Gasteiger partial charge in [-0.3, -0.25) is 4.99 Å². The first-order valence-corrected chi connectivity index (χ1v) is 7.68. The number of unbranched alkanes of at least 4 members (excludes halogenated alkanes) is 2. The van der Waals surface area contributed by atoms with E-state index in [0.717, 1.165) is 19.0 Å². The van der Waals surface area contributed by atoms with Gasteiger partial charge in [0.05, 0.1) is 0 Å². The van der Waals surface area contributed by atoms with Gasteiger partial charge in [-0.05, 0) is 34.7 Å². The van der Waals surface area contributed by atoms with Crippen molar-refractivity contribution in [2.24, 2.45) is 4.99 Å². The number of nitrogens with zero attached hydrogens (tertiary/aromatic N) is 1. The Morgan fingerprint density at radius 3 is 2.74 bits per heavy atom. The summed E-state index contributed by atoms with van der Waals surface area (Å²) in [5.74, 6) is 1.43. The molecule has 1 atom stereocenters. The Morgan fingerprint density at radius 2 is 2.16 bits per heavy atom. The minimum Gasteiger partial charge on any atom is -0.356 e. The number of aliphatic imine (C=N–C) groups is 1. The topological polar surface area (TPSA) is 36.4 Å². The molecule has 0 aliphatic carbocycles. The van der Waals surface area contributed by atoms with Crippen molar-refractivity contribution in [1.29, 1.82) is 0 Å². The summed E-state index contributed by atoms with van der Waals surface area (Å²) in [4.78, 5) is 4.24. The summed E-state index contributed by atoms with van der Waals surface area (Å²) in [5.41, 5.74) is 1.40. The lowest BCUT2D eigenvalue weighted by atomic mass is 10.1. The third-order valence-electron chi connectivity index (χ3n) is 2.98. The average molecular weight is 395 g/mol. The summed E-state index contributed by atoms with van der Waals surface area (Å²) < 4.78 is 0. The molecule has 1 aromatic heterocycles. The molecule has 2 N–H and O–H groups in total. The highest BCUT2D eigenvalue weighted by Gasteiger charge is 2.06. The fraction of sp³-hybridized carbons (Fsp3) is 0.643. The number of nitrogens with one attached hydrogen (secondary N) is 2. The highest BCUT2D eigenvalue weighted by atomic mass is 127. The molecule has 0 aromatic carbocycles. The summed E-state index contributed by atoms with van der Waals surface area (Å²) in [6.07, 6.45) is 3.73. The number of hydrogen-bond donors (Lipinski definition) is 2. The van der Waals surface area contributed by atoms with Crippen LogP contribution in [0.25, 0.3) is 0 Å². The van der Waals surface area contributed by atoms with Gasteiger partial charge in [-0.15, -0.1) is 24.0 Å². The van der Waals surface area contributed by atoms with Crippen LogP contribution < -0.4 is 10.6 Å². The van der Waals surface area contributed by atoms with Gasteiger partial charge in [-0.25, -0.2) is 0 Å². The van der Waals surface area contributed by atoms with Crippen LogP contribution in [0.4, 0.5) is 0 Å². The highest BCUT2D eigenvalue weighted by Crippen LogP contribution is 2.16. The van der Waals surface area contributed by atoms with Gasteiger partial charge in [0, 0.05) is 20.1 Å². The highest BCUT2D eigenvalue weighted by molar-refractivity contribution is 14.0. The smallest absolute Gasteiger partial charge is 0.190 e. The molecular weight excluding hydrogens is 369 g/mol. The largest absolute Gasteiger partial charge is 0.356 e. The Hall–Kier alpha value is -0.300. The Bertz CT molecular complexity index is 338. The standard InChI is InChI=1S/C14H25N3S.HI/c1-4-5-6-8-16-14(15-3)17-10-12(2)13-7-9-18-11-13;/h7,9,11-12H,4-6,8,10H2,1-3H3,(H2,15,16,17);1H. The van der Waals surface area contributed by atoms with Crippen molar-refractivity contribution in [3.8, 4) is 0 Å². The summed E-state index contributed by atoms with van der Waals surface area (Å²) in [6, 6.07) is 2.19. The SMILES string of the molecule is CCCCCNC(=NC)NCC(C)c1ccsc1.I. The van der Waals surface area contributed by atoms with E-state index in [4.69, 9.17) is 0 Å². The molecule has 1 rings (SSSR count). The van der Waals surface area contributed by atoms with E-state index in [1.54, 1.807) is 11.3 Å². The van der Waals surface area contributed by atoms with Crippen LogP contribution in [0.5, 0.6) is 0 Å². The number of rotatable bonds is 7. The van der Waals surface area contributed by atoms with Crippen molar-refractivity contribution in [2.75, 3.05) is 20.1 Å². The second kappa shape index (κ2) is 11.5. The predicted octanol–water partition coefficient (Wildman–Crippen LogP) is 3.82. The maximum Gasteiger partial charge on any atom is 0.190 e. The number of guanidine groups is 1. The van der Waals surface area contributed by atoms with Gasteiger partial charge in [0.25, 0.3) is 0 Å². The molecule has 0 aliphatic rings. The quantitative estimate of drug-likeness (QED) is 0.319. The zero-order valence-electron chi connectivity index (χ0n) is 12.1. The molecule has 0 spiro atoms. The molecule has 110 valence electrons. The third kappa shape index (κ3) is 7.77. The second-order valence-corrected chi connectivity index (χ2v) is 5.32. The van der Waals surface area contributed by atoms with Crippen molar-refractivity contribution in [3.63, 3.8) is 0 Å². The Morgan fingerprint density at radius 1 is 1.37 bits per heavy atom. The molecule has 19 heavy (non-hydrogen) atoms. The molecule has 1 heterocycles. The van der Waals surface area contributed by atoms with Crippen molar-refractivity contribution in [2.45, 2.75) is 39.0 Å². The zero-order chi connectivity index (χ0) is 13.2.